The molecule has 2 aromatic rings. The first-order valence-electron chi connectivity index (χ1n) is 5.79. The predicted molar refractivity (Wildman–Crippen MR) is 84.3 cm³/mol. The van der Waals surface area contributed by atoms with Crippen molar-refractivity contribution in [1.82, 2.24) is 0 Å². The van der Waals surface area contributed by atoms with Crippen LogP contribution in [0.2, 0.25) is 0 Å². The van der Waals surface area contributed by atoms with Crippen molar-refractivity contribution >= 4 is 34.0 Å². The Morgan fingerprint density at radius 2 is 1.89 bits per heavy atom. The Kier molecular flexibility index (Phi) is 4.36. The summed E-state index contributed by atoms with van der Waals surface area (Å²) in [7, 11) is 0. The van der Waals surface area contributed by atoms with E-state index >= 15 is 0 Å². The van der Waals surface area contributed by atoms with Crippen molar-refractivity contribution in [2.45, 2.75) is 13.5 Å². The zero-order valence-corrected chi connectivity index (χ0v) is 12.5. The zero-order chi connectivity index (χ0) is 13.8. The number of aryl methyl sites for hydroxylation is 1. The number of hydrogen-bond donors (Lipinski definition) is 1. The minimum atomic E-state index is -0.388. The van der Waals surface area contributed by atoms with E-state index in [1.54, 1.807) is 12.1 Å². The molecule has 0 aromatic heterocycles. The summed E-state index contributed by atoms with van der Waals surface area (Å²) in [4.78, 5) is 10.2. The lowest BCUT2D eigenvalue weighted by Crippen LogP contribution is -2.01. The van der Waals surface area contributed by atoms with Crippen molar-refractivity contribution in [3.8, 4) is 0 Å². The highest BCUT2D eigenvalue weighted by Crippen LogP contribution is 2.19. The summed E-state index contributed by atoms with van der Waals surface area (Å²) in [5.74, 6) is 0. The Balaban J connectivity index is 2.04. The van der Waals surface area contributed by atoms with Gasteiger partial charge in [0, 0.05) is 27.9 Å². The van der Waals surface area contributed by atoms with Gasteiger partial charge in [-0.3, -0.25) is 10.1 Å². The first-order valence-corrected chi connectivity index (χ1v) is 6.87. The van der Waals surface area contributed by atoms with Crippen LogP contribution in [0.4, 0.5) is 11.4 Å². The molecule has 0 aliphatic rings. The van der Waals surface area contributed by atoms with E-state index < -0.39 is 0 Å². The quantitative estimate of drug-likeness (QED) is 0.502. The van der Waals surface area contributed by atoms with Gasteiger partial charge in [-0.2, -0.15) is 0 Å². The molecule has 1 N–H and O–H groups in total. The molecule has 0 radical (unpaired) electrons. The second kappa shape index (κ2) is 6.01. The van der Waals surface area contributed by atoms with Gasteiger partial charge < -0.3 is 5.32 Å². The maximum Gasteiger partial charge on any atom is 0.269 e. The normalized spacial score (nSPS) is 10.2. The lowest BCUT2D eigenvalue weighted by atomic mass is 10.1. The van der Waals surface area contributed by atoms with Gasteiger partial charge in [0.1, 0.15) is 0 Å². The highest BCUT2D eigenvalue weighted by molar-refractivity contribution is 14.1. The van der Waals surface area contributed by atoms with Crippen LogP contribution in [0.25, 0.3) is 0 Å². The highest BCUT2D eigenvalue weighted by atomic mass is 127. The molecule has 2 aromatic carbocycles. The molecule has 19 heavy (non-hydrogen) atoms. The summed E-state index contributed by atoms with van der Waals surface area (Å²) < 4.78 is 1.20. The Hall–Kier alpha value is -1.63. The van der Waals surface area contributed by atoms with Gasteiger partial charge in [-0.15, -0.1) is 0 Å². The van der Waals surface area contributed by atoms with Crippen LogP contribution in [0.3, 0.4) is 0 Å². The van der Waals surface area contributed by atoms with Gasteiger partial charge in [0.05, 0.1) is 4.92 Å². The Morgan fingerprint density at radius 1 is 1.21 bits per heavy atom. The number of benzene rings is 2. The molecule has 4 nitrogen and oxygen atoms in total. The lowest BCUT2D eigenvalue weighted by molar-refractivity contribution is -0.384. The van der Waals surface area contributed by atoms with Crippen molar-refractivity contribution in [1.29, 1.82) is 0 Å². The fourth-order valence-corrected chi connectivity index (χ4v) is 2.41. The van der Waals surface area contributed by atoms with Crippen molar-refractivity contribution in [3.05, 3.63) is 67.3 Å². The zero-order valence-electron chi connectivity index (χ0n) is 10.4. The minimum Gasteiger partial charge on any atom is -0.381 e. The molecule has 2 rings (SSSR count). The third-order valence-electron chi connectivity index (χ3n) is 2.82. The molecule has 0 saturated heterocycles. The van der Waals surface area contributed by atoms with Gasteiger partial charge in [-0.25, -0.2) is 0 Å². The van der Waals surface area contributed by atoms with Crippen LogP contribution < -0.4 is 5.32 Å². The fourth-order valence-electron chi connectivity index (χ4n) is 1.76. The van der Waals surface area contributed by atoms with Gasteiger partial charge >= 0.3 is 0 Å². The molecule has 0 aliphatic carbocycles. The van der Waals surface area contributed by atoms with Gasteiger partial charge in [-0.05, 0) is 58.8 Å². The van der Waals surface area contributed by atoms with Crippen molar-refractivity contribution < 1.29 is 4.92 Å². The first-order chi connectivity index (χ1) is 9.06. The van der Waals surface area contributed by atoms with E-state index in [0.717, 1.165) is 11.3 Å². The first kappa shape index (κ1) is 13.8. The van der Waals surface area contributed by atoms with Crippen molar-refractivity contribution in [3.63, 3.8) is 0 Å². The van der Waals surface area contributed by atoms with Crippen LogP contribution in [0.1, 0.15) is 11.1 Å². The smallest absolute Gasteiger partial charge is 0.269 e. The summed E-state index contributed by atoms with van der Waals surface area (Å²) >= 11 is 2.28. The fraction of sp³-hybridized carbons (Fsp3) is 0.143. The van der Waals surface area contributed by atoms with Gasteiger partial charge in [-0.1, -0.05) is 12.1 Å². The summed E-state index contributed by atoms with van der Waals surface area (Å²) in [6.07, 6.45) is 0. The average Bonchev–Trinajstić information content (AvgIpc) is 2.38. The summed E-state index contributed by atoms with van der Waals surface area (Å²) in [6, 6.07) is 12.8. The second-order valence-corrected chi connectivity index (χ2v) is 5.48. The monoisotopic (exact) mass is 368 g/mol. The van der Waals surface area contributed by atoms with E-state index in [2.05, 4.69) is 40.9 Å². The molecule has 0 unspecified atom stereocenters. The number of rotatable bonds is 4. The third kappa shape index (κ3) is 3.66. The molecule has 5 heteroatoms. The number of non-ortho nitro benzene ring substituents is 1. The maximum absolute atomic E-state index is 10.6. The number of anilines is 1. The molecule has 0 heterocycles. The van der Waals surface area contributed by atoms with E-state index in [-0.39, 0.29) is 10.6 Å². The Labute approximate surface area is 125 Å². The van der Waals surface area contributed by atoms with E-state index in [4.69, 9.17) is 0 Å². The molecule has 0 atom stereocenters. The number of nitro benzene ring substituents is 1. The van der Waals surface area contributed by atoms with E-state index in [1.165, 1.54) is 21.3 Å². The third-order valence-corrected chi connectivity index (χ3v) is 3.49. The number of nitrogens with zero attached hydrogens (tertiary/aromatic N) is 1. The van der Waals surface area contributed by atoms with E-state index in [9.17, 15) is 10.1 Å². The molecule has 0 amide bonds. The molecule has 0 saturated carbocycles. The summed E-state index contributed by atoms with van der Waals surface area (Å²) in [5.41, 5.74) is 3.41. The average molecular weight is 368 g/mol. The lowest BCUT2D eigenvalue weighted by Gasteiger charge is -2.09. The maximum atomic E-state index is 10.6. The molecule has 0 spiro atoms. The topological polar surface area (TPSA) is 55.2 Å². The number of hydrogen-bond acceptors (Lipinski definition) is 3. The van der Waals surface area contributed by atoms with Gasteiger partial charge in [0.25, 0.3) is 5.69 Å². The molecule has 98 valence electrons. The minimum absolute atomic E-state index is 0.120. The molecule has 0 aliphatic heterocycles. The standard InChI is InChI=1S/C14H13IN2O2/c1-10-8-12(15)4-7-14(10)16-9-11-2-5-13(6-3-11)17(18)19/h2-8,16H,9H2,1H3. The van der Waals surface area contributed by atoms with Crippen LogP contribution in [-0.4, -0.2) is 4.92 Å². The number of nitro groups is 1. The second-order valence-electron chi connectivity index (χ2n) is 4.24. The number of nitrogens with one attached hydrogen (secondary N) is 1. The van der Waals surface area contributed by atoms with Crippen LogP contribution in [0.5, 0.6) is 0 Å². The molecular weight excluding hydrogens is 355 g/mol. The number of halogens is 1. The van der Waals surface area contributed by atoms with Crippen LogP contribution in [0, 0.1) is 20.6 Å². The van der Waals surface area contributed by atoms with Gasteiger partial charge in [0.15, 0.2) is 0 Å². The Morgan fingerprint density at radius 3 is 2.47 bits per heavy atom. The van der Waals surface area contributed by atoms with Crippen molar-refractivity contribution in [2.75, 3.05) is 5.32 Å². The molecule has 0 bridgehead atoms. The predicted octanol–water partition coefficient (Wildman–Crippen LogP) is 4.12. The van der Waals surface area contributed by atoms with E-state index in [0.29, 0.717) is 6.54 Å². The SMILES string of the molecule is Cc1cc(I)ccc1NCc1ccc([N+](=O)[O-])cc1. The summed E-state index contributed by atoms with van der Waals surface area (Å²) in [6.45, 7) is 2.71. The van der Waals surface area contributed by atoms with Crippen LogP contribution in [0.15, 0.2) is 42.5 Å². The van der Waals surface area contributed by atoms with E-state index in [1.807, 2.05) is 12.1 Å². The van der Waals surface area contributed by atoms with Crippen molar-refractivity contribution in [2.24, 2.45) is 0 Å². The Bertz CT molecular complexity index is 597. The highest BCUT2D eigenvalue weighted by Gasteiger charge is 2.04. The van der Waals surface area contributed by atoms with Crippen LogP contribution in [-0.2, 0) is 6.54 Å². The van der Waals surface area contributed by atoms with Crippen LogP contribution >= 0.6 is 22.6 Å². The van der Waals surface area contributed by atoms with Gasteiger partial charge in [0.2, 0.25) is 0 Å². The molecule has 0 fully saturated rings. The summed E-state index contributed by atoms with van der Waals surface area (Å²) in [5, 5.41) is 13.9. The molecular formula is C14H13IN2O2. The largest absolute Gasteiger partial charge is 0.381 e.